The molecule has 0 bridgehead atoms. The van der Waals surface area contributed by atoms with Crippen molar-refractivity contribution in [3.05, 3.63) is 72.2 Å². The van der Waals surface area contributed by atoms with Crippen molar-refractivity contribution in [2.75, 3.05) is 20.7 Å². The van der Waals surface area contributed by atoms with Gasteiger partial charge in [-0.3, -0.25) is 4.99 Å². The van der Waals surface area contributed by atoms with Crippen molar-refractivity contribution in [2.24, 2.45) is 4.99 Å². The molecule has 0 unspecified atom stereocenters. The van der Waals surface area contributed by atoms with Gasteiger partial charge in [-0.1, -0.05) is 42.5 Å². The molecular weight excluding hydrogens is 338 g/mol. The van der Waals surface area contributed by atoms with Crippen LogP contribution in [0.2, 0.25) is 0 Å². The van der Waals surface area contributed by atoms with E-state index in [0.29, 0.717) is 6.54 Å². The zero-order valence-electron chi connectivity index (χ0n) is 15.7. The Balaban J connectivity index is 1.46. The summed E-state index contributed by atoms with van der Waals surface area (Å²) in [5.74, 6) is 2.49. The molecule has 3 N–H and O–H groups in total. The number of aromatic amines is 1. The Hall–Kier alpha value is -3.28. The minimum atomic E-state index is 0.578. The Morgan fingerprint density at radius 3 is 2.56 bits per heavy atom. The van der Waals surface area contributed by atoms with Gasteiger partial charge in [-0.15, -0.1) is 0 Å². The molecule has 0 aliphatic heterocycles. The average Bonchev–Trinajstić information content (AvgIpc) is 3.21. The molecule has 0 aliphatic carbocycles. The van der Waals surface area contributed by atoms with Gasteiger partial charge in [0.15, 0.2) is 5.96 Å². The summed E-state index contributed by atoms with van der Waals surface area (Å²) in [4.78, 5) is 12.0. The molecule has 0 saturated heterocycles. The zero-order valence-corrected chi connectivity index (χ0v) is 15.7. The first-order chi connectivity index (χ1) is 13.3. The van der Waals surface area contributed by atoms with Gasteiger partial charge in [0.1, 0.15) is 11.6 Å². The summed E-state index contributed by atoms with van der Waals surface area (Å²) in [7, 11) is 3.44. The maximum Gasteiger partial charge on any atom is 0.191 e. The standard InChI is InChI=1S/C21H25N5O/c1-22-21(23-13-12-16-8-10-18(27-2)11-9-16)25-15-20-24-14-19(26-20)17-6-4-3-5-7-17/h3-11,14H,12-13,15H2,1-2H3,(H,24,26)(H2,22,23,25). The van der Waals surface area contributed by atoms with Gasteiger partial charge in [-0.2, -0.15) is 0 Å². The van der Waals surface area contributed by atoms with E-state index in [2.05, 4.69) is 49.9 Å². The molecule has 3 rings (SSSR count). The van der Waals surface area contributed by atoms with Crippen molar-refractivity contribution in [1.82, 2.24) is 20.6 Å². The number of hydrogen-bond acceptors (Lipinski definition) is 3. The second-order valence-electron chi connectivity index (χ2n) is 6.06. The van der Waals surface area contributed by atoms with Crippen molar-refractivity contribution in [2.45, 2.75) is 13.0 Å². The summed E-state index contributed by atoms with van der Waals surface area (Å²) < 4.78 is 5.18. The fourth-order valence-corrected chi connectivity index (χ4v) is 2.72. The molecule has 0 spiro atoms. The molecule has 27 heavy (non-hydrogen) atoms. The fraction of sp³-hybridized carbons (Fsp3) is 0.238. The molecule has 0 radical (unpaired) electrons. The van der Waals surface area contributed by atoms with Gasteiger partial charge >= 0.3 is 0 Å². The minimum absolute atomic E-state index is 0.578. The number of nitrogens with zero attached hydrogens (tertiary/aromatic N) is 2. The Kier molecular flexibility index (Phi) is 6.46. The van der Waals surface area contributed by atoms with Gasteiger partial charge in [0.05, 0.1) is 25.5 Å². The van der Waals surface area contributed by atoms with E-state index in [4.69, 9.17) is 4.74 Å². The molecular formula is C21H25N5O. The van der Waals surface area contributed by atoms with E-state index in [1.807, 2.05) is 36.5 Å². The lowest BCUT2D eigenvalue weighted by Gasteiger charge is -2.11. The molecule has 140 valence electrons. The van der Waals surface area contributed by atoms with Crippen LogP contribution in [0.3, 0.4) is 0 Å². The van der Waals surface area contributed by atoms with Crippen molar-refractivity contribution in [1.29, 1.82) is 0 Å². The minimum Gasteiger partial charge on any atom is -0.497 e. The van der Waals surface area contributed by atoms with Crippen LogP contribution in [0.1, 0.15) is 11.4 Å². The zero-order chi connectivity index (χ0) is 18.9. The molecule has 0 atom stereocenters. The number of ether oxygens (including phenoxy) is 1. The van der Waals surface area contributed by atoms with Gasteiger partial charge < -0.3 is 20.4 Å². The maximum absolute atomic E-state index is 5.18. The van der Waals surface area contributed by atoms with Crippen LogP contribution in [-0.4, -0.2) is 36.6 Å². The number of H-pyrrole nitrogens is 1. The first kappa shape index (κ1) is 18.5. The predicted octanol–water partition coefficient (Wildman–Crippen LogP) is 2.99. The van der Waals surface area contributed by atoms with Crippen LogP contribution in [0.25, 0.3) is 11.3 Å². The number of methoxy groups -OCH3 is 1. The summed E-state index contributed by atoms with van der Waals surface area (Å²) in [5.41, 5.74) is 3.38. The van der Waals surface area contributed by atoms with E-state index in [1.165, 1.54) is 5.56 Å². The first-order valence-corrected chi connectivity index (χ1v) is 8.95. The number of benzene rings is 2. The summed E-state index contributed by atoms with van der Waals surface area (Å²) in [6, 6.07) is 18.3. The predicted molar refractivity (Wildman–Crippen MR) is 109 cm³/mol. The lowest BCUT2D eigenvalue weighted by molar-refractivity contribution is 0.414. The van der Waals surface area contributed by atoms with Gasteiger partial charge in [-0.05, 0) is 29.7 Å². The Morgan fingerprint density at radius 1 is 1.07 bits per heavy atom. The first-order valence-electron chi connectivity index (χ1n) is 8.95. The van der Waals surface area contributed by atoms with Crippen LogP contribution in [0.5, 0.6) is 5.75 Å². The molecule has 0 fully saturated rings. The number of rotatable bonds is 7. The van der Waals surface area contributed by atoms with Crippen LogP contribution in [0, 0.1) is 0 Å². The molecule has 2 aromatic carbocycles. The third-order valence-corrected chi connectivity index (χ3v) is 4.23. The number of guanidine groups is 1. The lowest BCUT2D eigenvalue weighted by atomic mass is 10.1. The van der Waals surface area contributed by atoms with E-state index in [-0.39, 0.29) is 0 Å². The van der Waals surface area contributed by atoms with Crippen LogP contribution in [-0.2, 0) is 13.0 Å². The van der Waals surface area contributed by atoms with Crippen LogP contribution < -0.4 is 15.4 Å². The number of aliphatic imine (C=N–C) groups is 1. The topological polar surface area (TPSA) is 74.3 Å². The largest absolute Gasteiger partial charge is 0.497 e. The van der Waals surface area contributed by atoms with E-state index < -0.39 is 0 Å². The lowest BCUT2D eigenvalue weighted by Crippen LogP contribution is -2.38. The highest BCUT2D eigenvalue weighted by atomic mass is 16.5. The second-order valence-corrected chi connectivity index (χ2v) is 6.06. The molecule has 6 nitrogen and oxygen atoms in total. The van der Waals surface area contributed by atoms with E-state index in [0.717, 1.165) is 41.8 Å². The van der Waals surface area contributed by atoms with Gasteiger partial charge in [0.2, 0.25) is 0 Å². The molecule has 0 aliphatic rings. The number of aromatic nitrogens is 2. The smallest absolute Gasteiger partial charge is 0.191 e. The normalized spacial score (nSPS) is 11.3. The van der Waals surface area contributed by atoms with Crippen molar-refractivity contribution in [3.8, 4) is 17.0 Å². The van der Waals surface area contributed by atoms with E-state index in [1.54, 1.807) is 14.2 Å². The van der Waals surface area contributed by atoms with E-state index in [9.17, 15) is 0 Å². The van der Waals surface area contributed by atoms with Crippen molar-refractivity contribution in [3.63, 3.8) is 0 Å². The van der Waals surface area contributed by atoms with Crippen molar-refractivity contribution >= 4 is 5.96 Å². The molecule has 1 heterocycles. The fourth-order valence-electron chi connectivity index (χ4n) is 2.72. The summed E-state index contributed by atoms with van der Waals surface area (Å²) in [6.07, 6.45) is 2.76. The van der Waals surface area contributed by atoms with Crippen LogP contribution in [0.4, 0.5) is 0 Å². The molecule has 0 saturated carbocycles. The molecule has 6 heteroatoms. The number of hydrogen-bond donors (Lipinski definition) is 3. The maximum atomic E-state index is 5.18. The van der Waals surface area contributed by atoms with E-state index >= 15 is 0 Å². The van der Waals surface area contributed by atoms with Gasteiger partial charge in [0.25, 0.3) is 0 Å². The quantitative estimate of drug-likeness (QED) is 0.446. The number of imidazole rings is 1. The highest BCUT2D eigenvalue weighted by molar-refractivity contribution is 5.79. The molecule has 1 aromatic heterocycles. The Bertz CT molecular complexity index is 856. The summed E-state index contributed by atoms with van der Waals surface area (Å²) >= 11 is 0. The van der Waals surface area contributed by atoms with Crippen LogP contribution in [0.15, 0.2) is 65.8 Å². The summed E-state index contributed by atoms with van der Waals surface area (Å²) in [5, 5.41) is 6.60. The number of nitrogens with one attached hydrogen (secondary N) is 3. The SMILES string of the molecule is CN=C(NCCc1ccc(OC)cc1)NCc1ncc(-c2ccccc2)[nH]1. The molecule has 0 amide bonds. The van der Waals surface area contributed by atoms with Crippen LogP contribution >= 0.6 is 0 Å². The third-order valence-electron chi connectivity index (χ3n) is 4.23. The highest BCUT2D eigenvalue weighted by Crippen LogP contribution is 2.15. The monoisotopic (exact) mass is 363 g/mol. The Morgan fingerprint density at radius 2 is 1.85 bits per heavy atom. The van der Waals surface area contributed by atoms with Gasteiger partial charge in [-0.25, -0.2) is 4.98 Å². The Labute approximate surface area is 159 Å². The highest BCUT2D eigenvalue weighted by Gasteiger charge is 2.04. The molecule has 3 aromatic rings. The second kappa shape index (κ2) is 9.43. The van der Waals surface area contributed by atoms with Crippen molar-refractivity contribution < 1.29 is 4.74 Å². The third kappa shape index (κ3) is 5.34. The average molecular weight is 363 g/mol. The summed E-state index contributed by atoms with van der Waals surface area (Å²) in [6.45, 7) is 1.37. The van der Waals surface area contributed by atoms with Gasteiger partial charge in [0, 0.05) is 13.6 Å².